The van der Waals surface area contributed by atoms with E-state index < -0.39 is 5.97 Å². The zero-order valence-corrected chi connectivity index (χ0v) is 13.0. The van der Waals surface area contributed by atoms with Crippen molar-refractivity contribution in [2.24, 2.45) is 0 Å². The van der Waals surface area contributed by atoms with Gasteiger partial charge < -0.3 is 24.1 Å². The number of carboxylic acid groups (broad SMARTS) is 1. The van der Waals surface area contributed by atoms with Gasteiger partial charge in [0.15, 0.2) is 25.1 Å². The van der Waals surface area contributed by atoms with Gasteiger partial charge in [-0.1, -0.05) is 18.8 Å². The number of ether oxygens (including phenoxy) is 4. The minimum Gasteiger partial charge on any atom is -0.478 e. The molecule has 0 atom stereocenters. The Hall–Kier alpha value is -2.23. The summed E-state index contributed by atoms with van der Waals surface area (Å²) in [7, 11) is 2.96. The van der Waals surface area contributed by atoms with Gasteiger partial charge in [0.05, 0.1) is 11.1 Å². The van der Waals surface area contributed by atoms with Crippen LogP contribution in [-0.4, -0.2) is 38.9 Å². The van der Waals surface area contributed by atoms with Gasteiger partial charge in [-0.05, 0) is 18.6 Å². The number of carboxylic acids is 1. The summed E-state index contributed by atoms with van der Waals surface area (Å²) in [6, 6.07) is 2.95. The highest BCUT2D eigenvalue weighted by molar-refractivity contribution is 5.92. The molecule has 0 saturated carbocycles. The summed E-state index contributed by atoms with van der Waals surface area (Å²) in [4.78, 5) is 11.4. The van der Waals surface area contributed by atoms with E-state index in [4.69, 9.17) is 18.9 Å². The molecule has 0 radical (unpaired) electrons. The molecule has 0 bridgehead atoms. The van der Waals surface area contributed by atoms with Gasteiger partial charge in [-0.15, -0.1) is 0 Å². The lowest BCUT2D eigenvalue weighted by Crippen LogP contribution is -2.09. The number of benzene rings is 1. The quantitative estimate of drug-likeness (QED) is 0.587. The highest BCUT2D eigenvalue weighted by Gasteiger charge is 2.19. The van der Waals surface area contributed by atoms with Gasteiger partial charge in [0.2, 0.25) is 0 Å². The van der Waals surface area contributed by atoms with Crippen molar-refractivity contribution in [3.63, 3.8) is 0 Å². The second-order valence-electron chi connectivity index (χ2n) is 4.27. The minimum atomic E-state index is -1.08. The van der Waals surface area contributed by atoms with Crippen LogP contribution in [0.2, 0.25) is 0 Å². The van der Waals surface area contributed by atoms with Crippen molar-refractivity contribution in [3.05, 3.63) is 23.3 Å². The number of hydrogen-bond donors (Lipinski definition) is 1. The van der Waals surface area contributed by atoms with Gasteiger partial charge in [-0.2, -0.15) is 0 Å². The van der Waals surface area contributed by atoms with Crippen molar-refractivity contribution in [3.8, 4) is 23.3 Å². The molecule has 1 aromatic carbocycles. The van der Waals surface area contributed by atoms with Gasteiger partial charge in [0, 0.05) is 20.6 Å². The van der Waals surface area contributed by atoms with Crippen LogP contribution in [0.3, 0.4) is 0 Å². The zero-order chi connectivity index (χ0) is 16.4. The molecule has 0 heterocycles. The molecule has 0 aliphatic rings. The smallest absolute Gasteiger partial charge is 0.337 e. The predicted octanol–water partition coefficient (Wildman–Crippen LogP) is 2.50. The van der Waals surface area contributed by atoms with E-state index >= 15 is 0 Å². The van der Waals surface area contributed by atoms with E-state index in [9.17, 15) is 9.90 Å². The van der Waals surface area contributed by atoms with Crippen LogP contribution in [0.25, 0.3) is 0 Å². The van der Waals surface area contributed by atoms with E-state index in [1.807, 2.05) is 6.92 Å². The fourth-order valence-electron chi connectivity index (χ4n) is 1.64. The van der Waals surface area contributed by atoms with Gasteiger partial charge in [0.25, 0.3) is 0 Å². The van der Waals surface area contributed by atoms with Crippen LogP contribution in [0.4, 0.5) is 0 Å². The lowest BCUT2D eigenvalue weighted by atomic mass is 10.1. The number of hydrogen-bond acceptors (Lipinski definition) is 5. The maximum Gasteiger partial charge on any atom is 0.337 e. The molecule has 22 heavy (non-hydrogen) atoms. The lowest BCUT2D eigenvalue weighted by molar-refractivity contribution is 0.0319. The second kappa shape index (κ2) is 9.66. The molecular weight excluding hydrogens is 288 g/mol. The van der Waals surface area contributed by atoms with Crippen LogP contribution < -0.4 is 9.47 Å². The zero-order valence-electron chi connectivity index (χ0n) is 13.0. The molecule has 0 spiro atoms. The molecule has 0 unspecified atom stereocenters. The molecule has 6 heteroatoms. The maximum absolute atomic E-state index is 11.4. The van der Waals surface area contributed by atoms with Crippen LogP contribution in [0.15, 0.2) is 12.1 Å². The van der Waals surface area contributed by atoms with Crippen molar-refractivity contribution < 1.29 is 28.8 Å². The van der Waals surface area contributed by atoms with E-state index in [-0.39, 0.29) is 30.5 Å². The molecule has 1 N–H and O–H groups in total. The number of methoxy groups -OCH3 is 2. The van der Waals surface area contributed by atoms with E-state index in [1.165, 1.54) is 26.4 Å². The first-order valence-electron chi connectivity index (χ1n) is 6.78. The van der Waals surface area contributed by atoms with E-state index in [2.05, 4.69) is 11.8 Å². The summed E-state index contributed by atoms with van der Waals surface area (Å²) in [5, 5.41) is 9.32. The van der Waals surface area contributed by atoms with E-state index in [1.54, 1.807) is 0 Å². The summed E-state index contributed by atoms with van der Waals surface area (Å²) < 4.78 is 20.6. The molecule has 6 nitrogen and oxygen atoms in total. The third-order valence-electron chi connectivity index (χ3n) is 2.59. The van der Waals surface area contributed by atoms with Crippen molar-refractivity contribution >= 4 is 5.97 Å². The Kier molecular flexibility index (Phi) is 7.83. The van der Waals surface area contributed by atoms with Crippen molar-refractivity contribution in [1.29, 1.82) is 0 Å². The Balaban J connectivity index is 3.34. The van der Waals surface area contributed by atoms with Crippen LogP contribution in [0.1, 0.15) is 35.7 Å². The number of rotatable bonds is 8. The molecule has 0 aromatic heterocycles. The summed E-state index contributed by atoms with van der Waals surface area (Å²) >= 11 is 0. The van der Waals surface area contributed by atoms with Crippen molar-refractivity contribution in [2.75, 3.05) is 27.8 Å². The standard InChI is InChI=1S/C16H20O6/c1-4-5-6-7-12-13(16(17)18)8-9-14(21-10-19-2)15(12)22-11-20-3/h8-9H,4-5,10-11H2,1-3H3,(H,17,18). The highest BCUT2D eigenvalue weighted by atomic mass is 16.7. The Morgan fingerprint density at radius 3 is 2.45 bits per heavy atom. The third kappa shape index (κ3) is 4.95. The molecule has 1 aromatic rings. The first-order valence-corrected chi connectivity index (χ1v) is 6.78. The molecule has 0 aliphatic heterocycles. The van der Waals surface area contributed by atoms with Gasteiger partial charge in [-0.3, -0.25) is 0 Å². The lowest BCUT2D eigenvalue weighted by Gasteiger charge is -2.15. The molecule has 0 amide bonds. The first-order chi connectivity index (χ1) is 10.7. The van der Waals surface area contributed by atoms with Crippen LogP contribution >= 0.6 is 0 Å². The summed E-state index contributed by atoms with van der Waals surface area (Å²) in [5.41, 5.74) is 0.325. The summed E-state index contributed by atoms with van der Waals surface area (Å²) in [5.74, 6) is 5.29. The average molecular weight is 308 g/mol. The number of carbonyl (C=O) groups is 1. The molecule has 120 valence electrons. The Morgan fingerprint density at radius 1 is 1.18 bits per heavy atom. The first kappa shape index (κ1) is 17.8. The van der Waals surface area contributed by atoms with Crippen molar-refractivity contribution in [2.45, 2.75) is 19.8 Å². The number of unbranched alkanes of at least 4 members (excludes halogenated alkanes) is 1. The minimum absolute atomic E-state index is 0.0115. The largest absolute Gasteiger partial charge is 0.478 e. The summed E-state index contributed by atoms with van der Waals surface area (Å²) in [6.07, 6.45) is 1.54. The van der Waals surface area contributed by atoms with Gasteiger partial charge >= 0.3 is 5.97 Å². The van der Waals surface area contributed by atoms with E-state index in [0.29, 0.717) is 12.2 Å². The highest BCUT2D eigenvalue weighted by Crippen LogP contribution is 2.33. The third-order valence-corrected chi connectivity index (χ3v) is 2.59. The predicted molar refractivity (Wildman–Crippen MR) is 80.2 cm³/mol. The Bertz CT molecular complexity index is 556. The molecular formula is C16H20O6. The molecule has 0 fully saturated rings. The van der Waals surface area contributed by atoms with Crippen LogP contribution in [0.5, 0.6) is 11.5 Å². The number of aromatic carboxylic acids is 1. The normalized spacial score (nSPS) is 9.77. The van der Waals surface area contributed by atoms with Crippen LogP contribution in [-0.2, 0) is 9.47 Å². The maximum atomic E-state index is 11.4. The average Bonchev–Trinajstić information content (AvgIpc) is 2.51. The Morgan fingerprint density at radius 2 is 1.86 bits per heavy atom. The molecule has 0 aliphatic carbocycles. The second-order valence-corrected chi connectivity index (χ2v) is 4.27. The van der Waals surface area contributed by atoms with Crippen molar-refractivity contribution in [1.82, 2.24) is 0 Å². The molecule has 1 rings (SSSR count). The fourth-order valence-corrected chi connectivity index (χ4v) is 1.64. The van der Waals surface area contributed by atoms with Gasteiger partial charge in [0.1, 0.15) is 0 Å². The SMILES string of the molecule is CCCC#Cc1c(C(=O)O)ccc(OCOC)c1OCOC. The Labute approximate surface area is 129 Å². The fraction of sp³-hybridized carbons (Fsp3) is 0.438. The molecule has 0 saturated heterocycles. The van der Waals surface area contributed by atoms with Gasteiger partial charge in [-0.25, -0.2) is 4.79 Å². The van der Waals surface area contributed by atoms with Crippen LogP contribution in [0, 0.1) is 11.8 Å². The summed E-state index contributed by atoms with van der Waals surface area (Å²) in [6.45, 7) is 1.96. The topological polar surface area (TPSA) is 74.2 Å². The van der Waals surface area contributed by atoms with E-state index in [0.717, 1.165) is 6.42 Å². The monoisotopic (exact) mass is 308 g/mol.